The van der Waals surface area contributed by atoms with E-state index in [2.05, 4.69) is 246 Å². The molecule has 88 heavy (non-hydrogen) atoms. The summed E-state index contributed by atoms with van der Waals surface area (Å²) in [6.07, 6.45) is 0. The van der Waals surface area contributed by atoms with Gasteiger partial charge in [-0.2, -0.15) is 19.9 Å². The van der Waals surface area contributed by atoms with Crippen LogP contribution in [0.15, 0.2) is 279 Å². The van der Waals surface area contributed by atoms with Gasteiger partial charge < -0.3 is 0 Å². The predicted octanol–water partition coefficient (Wildman–Crippen LogP) is 20.7. The molecule has 0 amide bonds. The Hall–Kier alpha value is -11.3. The summed E-state index contributed by atoms with van der Waals surface area (Å²) in [5, 5.41) is 9.42. The van der Waals surface area contributed by atoms with Crippen molar-refractivity contribution in [1.29, 1.82) is 0 Å². The average Bonchev–Trinajstić information content (AvgIpc) is 1.58. The fourth-order valence-electron chi connectivity index (χ4n) is 12.9. The number of thiophene rings is 2. The Morgan fingerprint density at radius 3 is 1.25 bits per heavy atom. The lowest BCUT2D eigenvalue weighted by Gasteiger charge is -2.13. The zero-order valence-electron chi connectivity index (χ0n) is 47.0. The summed E-state index contributed by atoms with van der Waals surface area (Å²) in [7, 11) is 0. The van der Waals surface area contributed by atoms with Crippen molar-refractivity contribution in [3.8, 4) is 90.8 Å². The molecule has 0 aliphatic rings. The molecule has 0 bridgehead atoms. The van der Waals surface area contributed by atoms with Gasteiger partial charge in [-0.05, 0) is 69.8 Å². The fourth-order valence-corrected chi connectivity index (χ4v) is 15.5. The van der Waals surface area contributed by atoms with Gasteiger partial charge in [-0.1, -0.05) is 243 Å². The quantitative estimate of drug-likeness (QED) is 0.143. The van der Waals surface area contributed by atoms with Crippen molar-refractivity contribution in [3.05, 3.63) is 279 Å². The van der Waals surface area contributed by atoms with E-state index in [-0.39, 0.29) is 0 Å². The molecule has 410 valence electrons. The summed E-state index contributed by atoms with van der Waals surface area (Å²) in [6, 6.07) is 98.6. The van der Waals surface area contributed by atoms with Crippen LogP contribution in [0.3, 0.4) is 0 Å². The molecule has 0 aliphatic carbocycles. The second-order valence-corrected chi connectivity index (χ2v) is 24.3. The highest BCUT2D eigenvalue weighted by molar-refractivity contribution is 7.27. The number of rotatable bonds is 9. The SMILES string of the molecule is c1ccc(-c2ccc(-c3nc(-c4ccccc4)nc(-n4c5ccccc5c5cc(-c6ccc(-c7cccc(-c8nc(-c9ccccc9)nc(-n9c%10ccccc%10c%10ccc%11c%12ccccc%12sc%11c%109)n8)c7)cc6)c6c7ccccc7sc6c54)n3)cc2)cc1. The molecule has 0 fully saturated rings. The largest absolute Gasteiger partial charge is 0.276 e. The minimum atomic E-state index is 0.560. The Bertz CT molecular complexity index is 5790. The van der Waals surface area contributed by atoms with Crippen molar-refractivity contribution >= 4 is 107 Å². The van der Waals surface area contributed by atoms with Gasteiger partial charge in [-0.3, -0.25) is 9.13 Å². The van der Waals surface area contributed by atoms with Crippen LogP contribution in [0.4, 0.5) is 0 Å². The Morgan fingerprint density at radius 2 is 0.636 bits per heavy atom. The number of hydrogen-bond acceptors (Lipinski definition) is 8. The third kappa shape index (κ3) is 8.11. The summed E-state index contributed by atoms with van der Waals surface area (Å²) >= 11 is 3.63. The minimum absolute atomic E-state index is 0.560. The van der Waals surface area contributed by atoms with E-state index >= 15 is 0 Å². The molecule has 0 saturated heterocycles. The second-order valence-electron chi connectivity index (χ2n) is 22.2. The van der Waals surface area contributed by atoms with Gasteiger partial charge in [0, 0.05) is 74.7 Å². The van der Waals surface area contributed by atoms with Crippen LogP contribution < -0.4 is 0 Å². The van der Waals surface area contributed by atoms with E-state index < -0.39 is 0 Å². The van der Waals surface area contributed by atoms with Crippen LogP contribution in [0.5, 0.6) is 0 Å². The van der Waals surface area contributed by atoms with Crippen molar-refractivity contribution < 1.29 is 0 Å². The molecule has 6 aromatic heterocycles. The molecule has 8 nitrogen and oxygen atoms in total. The summed E-state index contributed by atoms with van der Waals surface area (Å²) in [6.45, 7) is 0. The molecule has 0 radical (unpaired) electrons. The van der Waals surface area contributed by atoms with Crippen LogP contribution in [-0.2, 0) is 0 Å². The minimum Gasteiger partial charge on any atom is -0.276 e. The maximum atomic E-state index is 5.42. The van der Waals surface area contributed by atoms with Crippen molar-refractivity contribution in [2.75, 3.05) is 0 Å². The average molecular weight is 1160 g/mol. The van der Waals surface area contributed by atoms with Crippen molar-refractivity contribution in [2.24, 2.45) is 0 Å². The first-order chi connectivity index (χ1) is 43.6. The van der Waals surface area contributed by atoms with E-state index in [1.165, 1.54) is 35.6 Å². The first-order valence-corrected chi connectivity index (χ1v) is 31.0. The van der Waals surface area contributed by atoms with Gasteiger partial charge in [0.25, 0.3) is 0 Å². The van der Waals surface area contributed by atoms with Crippen molar-refractivity contribution in [3.63, 3.8) is 0 Å². The molecular weight excluding hydrogens is 1110 g/mol. The maximum Gasteiger partial charge on any atom is 0.238 e. The molecule has 6 heterocycles. The van der Waals surface area contributed by atoms with E-state index in [1.807, 2.05) is 65.1 Å². The normalized spacial score (nSPS) is 11.9. The second kappa shape index (κ2) is 20.2. The van der Waals surface area contributed by atoms with Gasteiger partial charge in [-0.15, -0.1) is 22.7 Å². The molecule has 0 N–H and O–H groups in total. The lowest BCUT2D eigenvalue weighted by molar-refractivity contribution is 0.955. The van der Waals surface area contributed by atoms with E-state index in [9.17, 15) is 0 Å². The Morgan fingerprint density at radius 1 is 0.239 bits per heavy atom. The summed E-state index contributed by atoms with van der Waals surface area (Å²) in [5.41, 5.74) is 14.6. The Kier molecular flexibility index (Phi) is 11.5. The molecular formula is C78H46N8S2. The zero-order valence-corrected chi connectivity index (χ0v) is 48.6. The number of hydrogen-bond donors (Lipinski definition) is 0. The standard InChI is InChI=1S/C78H46N8S2/c1-4-19-47(20-5-1)48-37-41-53(42-38-48)75-79-73(51-21-6-2-7-22-51)81-77(83-75)86-65-32-15-11-28-57(65)63-46-62(68-61-30-13-17-34-67(61)88-72(68)70(63)86)50-39-35-49(36-40-50)54-25-18-26-55(45-54)76-80-74(52-23-8-3-9-24-52)82-78(84-76)85-64-31-14-10-27-56(64)59-43-44-60-58-29-12-16-33-66(58)87-71(60)69(59)85/h1-46H. The molecule has 18 rings (SSSR count). The number of aromatic nitrogens is 8. The third-order valence-corrected chi connectivity index (χ3v) is 19.4. The molecule has 10 heteroatoms. The van der Waals surface area contributed by atoms with Crippen LogP contribution in [0, 0.1) is 0 Å². The van der Waals surface area contributed by atoms with Crippen molar-refractivity contribution in [1.82, 2.24) is 39.0 Å². The van der Waals surface area contributed by atoms with Crippen molar-refractivity contribution in [2.45, 2.75) is 0 Å². The zero-order chi connectivity index (χ0) is 57.8. The van der Waals surface area contributed by atoms with E-state index in [4.69, 9.17) is 29.9 Å². The highest BCUT2D eigenvalue weighted by Gasteiger charge is 2.25. The highest BCUT2D eigenvalue weighted by Crippen LogP contribution is 2.48. The van der Waals surface area contributed by atoms with Gasteiger partial charge in [0.05, 0.1) is 31.5 Å². The monoisotopic (exact) mass is 1160 g/mol. The predicted molar refractivity (Wildman–Crippen MR) is 366 cm³/mol. The van der Waals surface area contributed by atoms with Crippen LogP contribution in [-0.4, -0.2) is 39.0 Å². The van der Waals surface area contributed by atoms with Gasteiger partial charge >= 0.3 is 0 Å². The number of para-hydroxylation sites is 2. The molecule has 0 saturated carbocycles. The first kappa shape index (κ1) is 50.1. The summed E-state index contributed by atoms with van der Waals surface area (Å²) < 4.78 is 9.35. The van der Waals surface area contributed by atoms with Crippen LogP contribution in [0.2, 0.25) is 0 Å². The van der Waals surface area contributed by atoms with Crippen LogP contribution in [0.25, 0.3) is 175 Å². The molecule has 0 unspecified atom stereocenters. The van der Waals surface area contributed by atoms with Gasteiger partial charge in [-0.25, -0.2) is 9.97 Å². The number of fused-ring (bicyclic) bond motifs is 14. The van der Waals surface area contributed by atoms with Gasteiger partial charge in [0.1, 0.15) is 0 Å². The maximum absolute atomic E-state index is 5.42. The third-order valence-electron chi connectivity index (χ3n) is 17.1. The number of nitrogens with zero attached hydrogens (tertiary/aromatic N) is 8. The molecule has 0 spiro atoms. The first-order valence-electron chi connectivity index (χ1n) is 29.3. The fraction of sp³-hybridized carbons (Fsp3) is 0. The molecule has 0 aliphatic heterocycles. The smallest absolute Gasteiger partial charge is 0.238 e. The summed E-state index contributed by atoms with van der Waals surface area (Å²) in [5.74, 6) is 3.55. The van der Waals surface area contributed by atoms with E-state index in [0.717, 1.165) is 104 Å². The van der Waals surface area contributed by atoms with Crippen LogP contribution >= 0.6 is 22.7 Å². The number of benzene rings is 12. The van der Waals surface area contributed by atoms with E-state index in [0.29, 0.717) is 35.2 Å². The van der Waals surface area contributed by atoms with Gasteiger partial charge in [0.15, 0.2) is 23.3 Å². The lowest BCUT2D eigenvalue weighted by atomic mass is 9.95. The topological polar surface area (TPSA) is 87.2 Å². The van der Waals surface area contributed by atoms with Gasteiger partial charge in [0.2, 0.25) is 11.9 Å². The molecule has 0 atom stereocenters. The Balaban J connectivity index is 0.773. The molecule has 18 aromatic rings. The molecule has 12 aromatic carbocycles. The Labute approximate surface area is 512 Å². The van der Waals surface area contributed by atoms with E-state index in [1.54, 1.807) is 0 Å². The summed E-state index contributed by atoms with van der Waals surface area (Å²) in [4.78, 5) is 31.9. The highest BCUT2D eigenvalue weighted by atomic mass is 32.1. The van der Waals surface area contributed by atoms with Crippen LogP contribution in [0.1, 0.15) is 0 Å². The lowest BCUT2D eigenvalue weighted by Crippen LogP contribution is -2.06.